The summed E-state index contributed by atoms with van der Waals surface area (Å²) in [4.78, 5) is 10.7. The van der Waals surface area contributed by atoms with E-state index in [0.29, 0.717) is 25.7 Å². The molecule has 2 saturated carbocycles. The Labute approximate surface area is 87.7 Å². The van der Waals surface area contributed by atoms with Crippen LogP contribution in [0.3, 0.4) is 0 Å². The van der Waals surface area contributed by atoms with Crippen molar-refractivity contribution in [1.29, 1.82) is 0 Å². The second kappa shape index (κ2) is 3.72. The molecule has 0 bridgehead atoms. The van der Waals surface area contributed by atoms with Gasteiger partial charge in [0.1, 0.15) is 0 Å². The van der Waals surface area contributed by atoms with E-state index in [1.807, 2.05) is 0 Å². The molecule has 0 aromatic rings. The summed E-state index contributed by atoms with van der Waals surface area (Å²) in [5.74, 6) is -4.28. The zero-order chi connectivity index (χ0) is 11.1. The molecule has 2 nitrogen and oxygen atoms in total. The summed E-state index contributed by atoms with van der Waals surface area (Å²) in [5.41, 5.74) is 0. The van der Waals surface area contributed by atoms with E-state index in [9.17, 15) is 13.6 Å². The first-order chi connectivity index (χ1) is 7.00. The highest BCUT2D eigenvalue weighted by Crippen LogP contribution is 2.48. The Morgan fingerprint density at radius 3 is 2.47 bits per heavy atom. The maximum atomic E-state index is 13.3. The SMILES string of the molecule is O=C(O)C1CCC1CC1CCCC1(F)F. The normalized spacial score (nSPS) is 38.7. The minimum absolute atomic E-state index is 0.00326. The molecule has 4 heteroatoms. The van der Waals surface area contributed by atoms with Crippen molar-refractivity contribution in [3.05, 3.63) is 0 Å². The van der Waals surface area contributed by atoms with Gasteiger partial charge >= 0.3 is 5.97 Å². The van der Waals surface area contributed by atoms with Crippen molar-refractivity contribution >= 4 is 5.97 Å². The van der Waals surface area contributed by atoms with E-state index in [1.54, 1.807) is 0 Å². The number of rotatable bonds is 3. The van der Waals surface area contributed by atoms with Crippen molar-refractivity contribution in [2.45, 2.75) is 44.4 Å². The molecule has 1 N–H and O–H groups in total. The summed E-state index contributed by atoms with van der Waals surface area (Å²) >= 11 is 0. The molecule has 0 aromatic carbocycles. The third kappa shape index (κ3) is 1.99. The molecule has 0 amide bonds. The quantitative estimate of drug-likeness (QED) is 0.790. The summed E-state index contributed by atoms with van der Waals surface area (Å²) in [6.45, 7) is 0. The van der Waals surface area contributed by atoms with Gasteiger partial charge in [-0.3, -0.25) is 4.79 Å². The molecule has 3 unspecified atom stereocenters. The van der Waals surface area contributed by atoms with Crippen molar-refractivity contribution in [3.63, 3.8) is 0 Å². The van der Waals surface area contributed by atoms with Crippen molar-refractivity contribution < 1.29 is 18.7 Å². The Kier molecular flexibility index (Phi) is 2.69. The van der Waals surface area contributed by atoms with E-state index >= 15 is 0 Å². The minimum atomic E-state index is -2.54. The lowest BCUT2D eigenvalue weighted by atomic mass is 9.69. The van der Waals surface area contributed by atoms with Gasteiger partial charge in [-0.05, 0) is 38.0 Å². The first kappa shape index (κ1) is 10.8. The Balaban J connectivity index is 1.90. The van der Waals surface area contributed by atoms with Crippen LogP contribution < -0.4 is 0 Å². The van der Waals surface area contributed by atoms with Crippen molar-refractivity contribution in [1.82, 2.24) is 0 Å². The van der Waals surface area contributed by atoms with Gasteiger partial charge in [-0.25, -0.2) is 8.78 Å². The van der Waals surface area contributed by atoms with Crippen LogP contribution in [0.4, 0.5) is 8.78 Å². The predicted molar refractivity (Wildman–Crippen MR) is 50.8 cm³/mol. The monoisotopic (exact) mass is 218 g/mol. The Morgan fingerprint density at radius 2 is 2.07 bits per heavy atom. The number of hydrogen-bond acceptors (Lipinski definition) is 1. The topological polar surface area (TPSA) is 37.3 Å². The summed E-state index contributed by atoms with van der Waals surface area (Å²) in [6, 6.07) is 0. The van der Waals surface area contributed by atoms with Crippen LogP contribution in [0.2, 0.25) is 0 Å². The van der Waals surface area contributed by atoms with Gasteiger partial charge in [0.2, 0.25) is 0 Å². The second-order valence-corrected chi connectivity index (χ2v) is 4.87. The van der Waals surface area contributed by atoms with Gasteiger partial charge in [-0.1, -0.05) is 0 Å². The average molecular weight is 218 g/mol. The van der Waals surface area contributed by atoms with Crippen LogP contribution in [0.15, 0.2) is 0 Å². The van der Waals surface area contributed by atoms with Gasteiger partial charge < -0.3 is 5.11 Å². The standard InChI is InChI=1S/C11H16F2O2/c12-11(13)5-1-2-8(11)6-7-3-4-9(7)10(14)15/h7-9H,1-6H2,(H,14,15). The third-order valence-corrected chi connectivity index (χ3v) is 3.98. The number of carbonyl (C=O) groups is 1. The number of aliphatic carboxylic acids is 1. The largest absolute Gasteiger partial charge is 0.481 e. The molecule has 2 fully saturated rings. The molecule has 0 aromatic heterocycles. The minimum Gasteiger partial charge on any atom is -0.481 e. The average Bonchev–Trinajstić information content (AvgIpc) is 2.38. The van der Waals surface area contributed by atoms with E-state index < -0.39 is 17.8 Å². The summed E-state index contributed by atoms with van der Waals surface area (Å²) < 4.78 is 26.6. The van der Waals surface area contributed by atoms with Crippen LogP contribution in [0.25, 0.3) is 0 Å². The van der Waals surface area contributed by atoms with Gasteiger partial charge in [0.25, 0.3) is 5.92 Å². The molecule has 2 aliphatic carbocycles. The first-order valence-electron chi connectivity index (χ1n) is 5.61. The Morgan fingerprint density at radius 1 is 1.33 bits per heavy atom. The lowest BCUT2D eigenvalue weighted by Crippen LogP contribution is -2.36. The molecule has 0 aliphatic heterocycles. The van der Waals surface area contributed by atoms with Gasteiger partial charge in [0, 0.05) is 12.3 Å². The molecule has 0 heterocycles. The lowest BCUT2D eigenvalue weighted by molar-refractivity contribution is -0.149. The maximum absolute atomic E-state index is 13.3. The lowest BCUT2D eigenvalue weighted by Gasteiger charge is -2.36. The fourth-order valence-electron chi connectivity index (χ4n) is 2.83. The number of carboxylic acid groups (broad SMARTS) is 1. The Bertz CT molecular complexity index is 265. The summed E-state index contributed by atoms with van der Waals surface area (Å²) in [5, 5.41) is 8.82. The molecule has 2 rings (SSSR count). The summed E-state index contributed by atoms with van der Waals surface area (Å²) in [6.07, 6.45) is 3.02. The fourth-order valence-corrected chi connectivity index (χ4v) is 2.83. The van der Waals surface area contributed by atoms with E-state index in [1.165, 1.54) is 0 Å². The number of carboxylic acids is 1. The molecular weight excluding hydrogens is 202 g/mol. The summed E-state index contributed by atoms with van der Waals surface area (Å²) in [7, 11) is 0. The van der Waals surface area contributed by atoms with Crippen LogP contribution in [-0.4, -0.2) is 17.0 Å². The zero-order valence-electron chi connectivity index (χ0n) is 8.59. The van der Waals surface area contributed by atoms with E-state index in [-0.39, 0.29) is 18.3 Å². The van der Waals surface area contributed by atoms with Crippen LogP contribution in [0.1, 0.15) is 38.5 Å². The fraction of sp³-hybridized carbons (Fsp3) is 0.909. The smallest absolute Gasteiger partial charge is 0.306 e. The zero-order valence-corrected chi connectivity index (χ0v) is 8.59. The van der Waals surface area contributed by atoms with E-state index in [2.05, 4.69) is 0 Å². The van der Waals surface area contributed by atoms with E-state index in [4.69, 9.17) is 5.11 Å². The van der Waals surface area contributed by atoms with Gasteiger partial charge in [-0.15, -0.1) is 0 Å². The highest BCUT2D eigenvalue weighted by Gasteiger charge is 2.47. The number of alkyl halides is 2. The molecule has 2 aliphatic rings. The van der Waals surface area contributed by atoms with Crippen LogP contribution >= 0.6 is 0 Å². The molecule has 15 heavy (non-hydrogen) atoms. The third-order valence-electron chi connectivity index (χ3n) is 3.98. The molecule has 3 atom stereocenters. The highest BCUT2D eigenvalue weighted by atomic mass is 19.3. The Hall–Kier alpha value is -0.670. The van der Waals surface area contributed by atoms with Gasteiger partial charge in [0.05, 0.1) is 5.92 Å². The van der Waals surface area contributed by atoms with Crippen molar-refractivity contribution in [2.75, 3.05) is 0 Å². The van der Waals surface area contributed by atoms with Crippen molar-refractivity contribution in [2.24, 2.45) is 17.8 Å². The van der Waals surface area contributed by atoms with Gasteiger partial charge in [-0.2, -0.15) is 0 Å². The van der Waals surface area contributed by atoms with Crippen LogP contribution in [-0.2, 0) is 4.79 Å². The van der Waals surface area contributed by atoms with Gasteiger partial charge in [0.15, 0.2) is 0 Å². The highest BCUT2D eigenvalue weighted by molar-refractivity contribution is 5.71. The van der Waals surface area contributed by atoms with Crippen LogP contribution in [0, 0.1) is 17.8 Å². The maximum Gasteiger partial charge on any atom is 0.306 e. The van der Waals surface area contributed by atoms with Crippen molar-refractivity contribution in [3.8, 4) is 0 Å². The molecule has 0 radical (unpaired) electrons. The molecule has 0 saturated heterocycles. The molecular formula is C11H16F2O2. The second-order valence-electron chi connectivity index (χ2n) is 4.87. The molecule has 0 spiro atoms. The molecule has 86 valence electrons. The number of hydrogen-bond donors (Lipinski definition) is 1. The van der Waals surface area contributed by atoms with Crippen LogP contribution in [0.5, 0.6) is 0 Å². The predicted octanol–water partition coefficient (Wildman–Crippen LogP) is 2.92. The number of halogens is 2. The first-order valence-corrected chi connectivity index (χ1v) is 5.61. The van der Waals surface area contributed by atoms with E-state index in [0.717, 1.165) is 6.42 Å².